The predicted molar refractivity (Wildman–Crippen MR) is 89.1 cm³/mol. The molecule has 1 fully saturated rings. The lowest BCUT2D eigenvalue weighted by molar-refractivity contribution is -0.385. The molecule has 128 valence electrons. The molecule has 1 aliphatic heterocycles. The van der Waals surface area contributed by atoms with Gasteiger partial charge < -0.3 is 5.32 Å². The highest BCUT2D eigenvalue weighted by Gasteiger charge is 2.31. The minimum Gasteiger partial charge on any atom is -0.381 e. The van der Waals surface area contributed by atoms with Crippen molar-refractivity contribution in [1.29, 1.82) is 0 Å². The van der Waals surface area contributed by atoms with Gasteiger partial charge in [-0.1, -0.05) is 13.8 Å². The van der Waals surface area contributed by atoms with E-state index in [-0.39, 0.29) is 16.6 Å². The number of nitrogens with one attached hydrogen (secondary N) is 1. The van der Waals surface area contributed by atoms with Crippen molar-refractivity contribution < 1.29 is 13.3 Å². The third kappa shape index (κ3) is 3.81. The van der Waals surface area contributed by atoms with Crippen molar-refractivity contribution in [3.8, 4) is 0 Å². The Morgan fingerprint density at radius 3 is 2.39 bits per heavy atom. The molecule has 1 saturated heterocycles. The van der Waals surface area contributed by atoms with Gasteiger partial charge in [-0.15, -0.1) is 0 Å². The molecule has 0 saturated carbocycles. The second-order valence-electron chi connectivity index (χ2n) is 5.71. The quantitative estimate of drug-likeness (QED) is 0.608. The Hall–Kier alpha value is -1.67. The molecule has 23 heavy (non-hydrogen) atoms. The largest absolute Gasteiger partial charge is 0.381 e. The van der Waals surface area contributed by atoms with E-state index < -0.39 is 14.9 Å². The van der Waals surface area contributed by atoms with Crippen LogP contribution in [0.15, 0.2) is 23.1 Å². The first-order chi connectivity index (χ1) is 10.9. The fraction of sp³-hybridized carbons (Fsp3) is 0.600. The van der Waals surface area contributed by atoms with Gasteiger partial charge in [-0.05, 0) is 31.7 Å². The molecule has 0 spiro atoms. The summed E-state index contributed by atoms with van der Waals surface area (Å²) >= 11 is 0. The third-order valence-electron chi connectivity index (χ3n) is 4.20. The Morgan fingerprint density at radius 1 is 1.26 bits per heavy atom. The van der Waals surface area contributed by atoms with Gasteiger partial charge in [0.1, 0.15) is 4.90 Å². The van der Waals surface area contributed by atoms with E-state index in [1.165, 1.54) is 22.5 Å². The molecule has 0 bridgehead atoms. The van der Waals surface area contributed by atoms with Crippen molar-refractivity contribution >= 4 is 21.4 Å². The van der Waals surface area contributed by atoms with E-state index in [0.717, 1.165) is 25.7 Å². The van der Waals surface area contributed by atoms with Crippen LogP contribution in [0, 0.1) is 10.1 Å². The molecule has 7 nitrogen and oxygen atoms in total. The number of anilines is 1. The third-order valence-corrected chi connectivity index (χ3v) is 6.14. The van der Waals surface area contributed by atoms with Gasteiger partial charge >= 0.3 is 0 Å². The zero-order valence-corrected chi connectivity index (χ0v) is 14.3. The first-order valence-electron chi connectivity index (χ1n) is 7.95. The van der Waals surface area contributed by atoms with Gasteiger partial charge in [0.15, 0.2) is 0 Å². The molecule has 1 aromatic carbocycles. The van der Waals surface area contributed by atoms with Crippen LogP contribution in [0.4, 0.5) is 11.4 Å². The molecule has 1 aromatic rings. The molecule has 1 heterocycles. The summed E-state index contributed by atoms with van der Waals surface area (Å²) < 4.78 is 27.1. The number of nitro groups is 1. The maximum absolute atomic E-state index is 12.9. The van der Waals surface area contributed by atoms with Crippen LogP contribution >= 0.6 is 0 Å². The molecule has 0 amide bonds. The summed E-state index contributed by atoms with van der Waals surface area (Å²) in [5, 5.41) is 14.2. The van der Waals surface area contributed by atoms with E-state index in [1.54, 1.807) is 0 Å². The Kier molecular flexibility index (Phi) is 5.59. The smallest absolute Gasteiger partial charge is 0.270 e. The molecule has 0 aromatic heterocycles. The van der Waals surface area contributed by atoms with Crippen molar-refractivity contribution in [1.82, 2.24) is 4.31 Å². The van der Waals surface area contributed by atoms with Crippen LogP contribution in [0.2, 0.25) is 0 Å². The van der Waals surface area contributed by atoms with Gasteiger partial charge in [0, 0.05) is 31.3 Å². The highest BCUT2D eigenvalue weighted by atomic mass is 32.2. The summed E-state index contributed by atoms with van der Waals surface area (Å²) in [5.41, 5.74) is 0.231. The Labute approximate surface area is 136 Å². The molecule has 0 radical (unpaired) electrons. The van der Waals surface area contributed by atoms with Crippen molar-refractivity contribution in [3.63, 3.8) is 0 Å². The minimum absolute atomic E-state index is 0.000463. The maximum atomic E-state index is 12.9. The SMILES string of the molecule is CCC(CC)Nc1ccc([N+](=O)[O-])cc1S(=O)(=O)N1CCCC1. The molecule has 0 aliphatic carbocycles. The fourth-order valence-corrected chi connectivity index (χ4v) is 4.43. The summed E-state index contributed by atoms with van der Waals surface area (Å²) in [5.74, 6) is 0. The number of nitro benzene ring substituents is 1. The average molecular weight is 341 g/mol. The normalized spacial score (nSPS) is 16.0. The van der Waals surface area contributed by atoms with E-state index in [1.807, 2.05) is 13.8 Å². The van der Waals surface area contributed by atoms with Gasteiger partial charge in [-0.2, -0.15) is 4.31 Å². The van der Waals surface area contributed by atoms with Crippen molar-refractivity contribution in [2.75, 3.05) is 18.4 Å². The topological polar surface area (TPSA) is 92.5 Å². The first kappa shape index (κ1) is 17.7. The van der Waals surface area contributed by atoms with Crippen molar-refractivity contribution in [3.05, 3.63) is 28.3 Å². The molecule has 2 rings (SSSR count). The van der Waals surface area contributed by atoms with Crippen molar-refractivity contribution in [2.24, 2.45) is 0 Å². The Balaban J connectivity index is 2.48. The van der Waals surface area contributed by atoms with Gasteiger partial charge in [-0.25, -0.2) is 8.42 Å². The summed E-state index contributed by atoms with van der Waals surface area (Å²) in [6.07, 6.45) is 3.33. The van der Waals surface area contributed by atoms with E-state index in [2.05, 4.69) is 5.32 Å². The summed E-state index contributed by atoms with van der Waals surface area (Å²) in [6, 6.07) is 4.13. The van der Waals surface area contributed by atoms with Crippen LogP contribution in [-0.2, 0) is 10.0 Å². The predicted octanol–water partition coefficient (Wildman–Crippen LogP) is 2.98. The Bertz CT molecular complexity index is 665. The Morgan fingerprint density at radius 2 is 1.87 bits per heavy atom. The molecule has 0 atom stereocenters. The second kappa shape index (κ2) is 7.27. The van der Waals surface area contributed by atoms with Crippen LogP contribution in [0.5, 0.6) is 0 Å². The van der Waals surface area contributed by atoms with Crippen LogP contribution in [0.25, 0.3) is 0 Å². The highest BCUT2D eigenvalue weighted by molar-refractivity contribution is 7.89. The number of sulfonamides is 1. The summed E-state index contributed by atoms with van der Waals surface area (Å²) in [6.45, 7) is 4.97. The molecule has 8 heteroatoms. The molecule has 0 unspecified atom stereocenters. The summed E-state index contributed by atoms with van der Waals surface area (Å²) in [4.78, 5) is 10.5. The zero-order chi connectivity index (χ0) is 17.0. The molecular formula is C15H23N3O4S. The minimum atomic E-state index is -3.72. The van der Waals surface area contributed by atoms with E-state index in [4.69, 9.17) is 0 Å². The average Bonchev–Trinajstić information content (AvgIpc) is 3.07. The fourth-order valence-electron chi connectivity index (χ4n) is 2.74. The van der Waals surface area contributed by atoms with E-state index in [0.29, 0.717) is 18.8 Å². The second-order valence-corrected chi connectivity index (χ2v) is 7.61. The molecule has 1 aliphatic rings. The number of non-ortho nitro benzene ring substituents is 1. The zero-order valence-electron chi connectivity index (χ0n) is 13.5. The maximum Gasteiger partial charge on any atom is 0.270 e. The van der Waals surface area contributed by atoms with Crippen LogP contribution in [0.1, 0.15) is 39.5 Å². The monoisotopic (exact) mass is 341 g/mol. The number of hydrogen-bond donors (Lipinski definition) is 1. The van der Waals surface area contributed by atoms with E-state index in [9.17, 15) is 18.5 Å². The highest BCUT2D eigenvalue weighted by Crippen LogP contribution is 2.31. The van der Waals surface area contributed by atoms with E-state index >= 15 is 0 Å². The molecular weight excluding hydrogens is 318 g/mol. The van der Waals surface area contributed by atoms with Crippen LogP contribution in [0.3, 0.4) is 0 Å². The van der Waals surface area contributed by atoms with Crippen molar-refractivity contribution in [2.45, 2.75) is 50.5 Å². The molecule has 1 N–H and O–H groups in total. The van der Waals surface area contributed by atoms with Gasteiger partial charge in [-0.3, -0.25) is 10.1 Å². The first-order valence-corrected chi connectivity index (χ1v) is 9.39. The number of rotatable bonds is 7. The van der Waals surface area contributed by atoms with Crippen LogP contribution < -0.4 is 5.32 Å². The summed E-state index contributed by atoms with van der Waals surface area (Å²) in [7, 11) is -3.72. The number of hydrogen-bond acceptors (Lipinski definition) is 5. The van der Waals surface area contributed by atoms with Gasteiger partial charge in [0.05, 0.1) is 10.6 Å². The standard InChI is InChI=1S/C15H23N3O4S/c1-3-12(4-2)16-14-8-7-13(18(19)20)11-15(14)23(21,22)17-9-5-6-10-17/h7-8,11-12,16H,3-6,9-10H2,1-2H3. The van der Waals surface area contributed by atoms with Crippen LogP contribution in [-0.4, -0.2) is 36.8 Å². The van der Waals surface area contributed by atoms with Gasteiger partial charge in [0.2, 0.25) is 10.0 Å². The lowest BCUT2D eigenvalue weighted by atomic mass is 10.1. The lowest BCUT2D eigenvalue weighted by Crippen LogP contribution is -2.29. The number of nitrogens with zero attached hydrogens (tertiary/aromatic N) is 2. The lowest BCUT2D eigenvalue weighted by Gasteiger charge is -2.22. The van der Waals surface area contributed by atoms with Gasteiger partial charge in [0.25, 0.3) is 5.69 Å². The number of benzene rings is 1.